The molecule has 0 N–H and O–H groups in total. The van der Waals surface area contributed by atoms with Gasteiger partial charge in [0.05, 0.1) is 19.9 Å². The van der Waals surface area contributed by atoms with E-state index in [-0.39, 0.29) is 18.9 Å². The Balaban J connectivity index is 2.41. The number of hydrogen-bond donors (Lipinski definition) is 0. The normalized spacial score (nSPS) is 19.0. The third-order valence-electron chi connectivity index (χ3n) is 3.48. The van der Waals surface area contributed by atoms with E-state index in [1.807, 2.05) is 6.92 Å². The monoisotopic (exact) mass is 333 g/mol. The third-order valence-corrected chi connectivity index (χ3v) is 5.35. The van der Waals surface area contributed by atoms with Crippen molar-refractivity contribution in [1.29, 1.82) is 0 Å². The molecule has 21 heavy (non-hydrogen) atoms. The first kappa shape index (κ1) is 15.9. The van der Waals surface area contributed by atoms with Crippen molar-refractivity contribution in [3.05, 3.63) is 17.7 Å². The van der Waals surface area contributed by atoms with Gasteiger partial charge in [-0.15, -0.1) is 0 Å². The van der Waals surface area contributed by atoms with Crippen LogP contribution in [0.25, 0.3) is 0 Å². The Morgan fingerprint density at radius 3 is 2.29 bits per heavy atom. The maximum Gasteiger partial charge on any atom is 0.237 e. The summed E-state index contributed by atoms with van der Waals surface area (Å²) in [7, 11) is 4.60. The van der Waals surface area contributed by atoms with Crippen LogP contribution in [0.3, 0.4) is 0 Å². The van der Waals surface area contributed by atoms with Gasteiger partial charge in [-0.1, -0.05) is 0 Å². The second-order valence-corrected chi connectivity index (χ2v) is 7.71. The van der Waals surface area contributed by atoms with Crippen LogP contribution in [0, 0.1) is 6.92 Å². The molecule has 1 aliphatic rings. The van der Waals surface area contributed by atoms with Crippen molar-refractivity contribution < 1.29 is 22.7 Å². The average molecular weight is 334 g/mol. The molecule has 8 heteroatoms. The van der Waals surface area contributed by atoms with E-state index < -0.39 is 14.3 Å². The van der Waals surface area contributed by atoms with Crippen molar-refractivity contribution in [2.24, 2.45) is 0 Å². The predicted molar refractivity (Wildman–Crippen MR) is 79.8 cm³/mol. The number of rotatable bonds is 4. The number of aryl methyl sites for hydroxylation is 1. The highest BCUT2D eigenvalue weighted by molar-refractivity contribution is 8.14. The molecule has 1 atom stereocenters. The number of carbonyl (C=O) groups is 1. The van der Waals surface area contributed by atoms with Crippen LogP contribution in [0.4, 0.5) is 5.69 Å². The fourth-order valence-corrected chi connectivity index (χ4v) is 3.38. The van der Waals surface area contributed by atoms with Crippen LogP contribution >= 0.6 is 10.7 Å². The van der Waals surface area contributed by atoms with Gasteiger partial charge in [0.1, 0.15) is 5.25 Å². The number of anilines is 1. The van der Waals surface area contributed by atoms with Gasteiger partial charge in [-0.05, 0) is 18.6 Å². The van der Waals surface area contributed by atoms with Crippen LogP contribution in [-0.2, 0) is 13.8 Å². The van der Waals surface area contributed by atoms with Crippen molar-refractivity contribution in [2.45, 2.75) is 18.6 Å². The number of hydrogen-bond acceptors (Lipinski definition) is 5. The molecule has 0 bridgehead atoms. The van der Waals surface area contributed by atoms with E-state index in [9.17, 15) is 13.2 Å². The zero-order valence-electron chi connectivity index (χ0n) is 11.9. The number of benzene rings is 1. The minimum atomic E-state index is -3.76. The molecule has 1 amide bonds. The van der Waals surface area contributed by atoms with Gasteiger partial charge in [0, 0.05) is 29.7 Å². The molecule has 1 unspecified atom stereocenters. The van der Waals surface area contributed by atoms with Crippen LogP contribution in [0.15, 0.2) is 12.1 Å². The van der Waals surface area contributed by atoms with E-state index in [1.165, 1.54) is 19.1 Å². The average Bonchev–Trinajstić information content (AvgIpc) is 2.80. The summed E-state index contributed by atoms with van der Waals surface area (Å²) >= 11 is 0. The fraction of sp³-hybridized carbons (Fsp3) is 0.462. The van der Waals surface area contributed by atoms with E-state index >= 15 is 0 Å². The van der Waals surface area contributed by atoms with E-state index in [1.54, 1.807) is 12.1 Å². The second-order valence-electron chi connectivity index (χ2n) is 4.80. The number of ether oxygens (including phenoxy) is 2. The van der Waals surface area contributed by atoms with Crippen molar-refractivity contribution in [1.82, 2.24) is 0 Å². The lowest BCUT2D eigenvalue weighted by molar-refractivity contribution is -0.117. The van der Waals surface area contributed by atoms with Gasteiger partial charge in [-0.2, -0.15) is 0 Å². The molecule has 1 aromatic carbocycles. The van der Waals surface area contributed by atoms with Gasteiger partial charge in [-0.3, -0.25) is 4.79 Å². The molecule has 1 aliphatic heterocycles. The van der Waals surface area contributed by atoms with Crippen molar-refractivity contribution in [2.75, 3.05) is 25.7 Å². The largest absolute Gasteiger partial charge is 0.493 e. The van der Waals surface area contributed by atoms with Crippen LogP contribution in [0.5, 0.6) is 11.5 Å². The first-order valence-corrected chi connectivity index (χ1v) is 8.61. The Kier molecular flexibility index (Phi) is 4.34. The highest BCUT2D eigenvalue weighted by Crippen LogP contribution is 2.37. The van der Waals surface area contributed by atoms with Gasteiger partial charge in [-0.25, -0.2) is 8.42 Å². The number of amides is 1. The number of nitrogens with zero attached hydrogens (tertiary/aromatic N) is 1. The first-order chi connectivity index (χ1) is 9.77. The third kappa shape index (κ3) is 3.08. The minimum absolute atomic E-state index is 0.0426. The Labute approximate surface area is 128 Å². The summed E-state index contributed by atoms with van der Waals surface area (Å²) in [5, 5.41) is -0.890. The zero-order valence-corrected chi connectivity index (χ0v) is 13.5. The smallest absolute Gasteiger partial charge is 0.237 e. The molecule has 6 nitrogen and oxygen atoms in total. The molecular weight excluding hydrogens is 318 g/mol. The van der Waals surface area contributed by atoms with Gasteiger partial charge >= 0.3 is 0 Å². The molecule has 0 radical (unpaired) electrons. The van der Waals surface area contributed by atoms with Gasteiger partial charge in [0.2, 0.25) is 15.0 Å². The number of carbonyl (C=O) groups excluding carboxylic acids is 1. The van der Waals surface area contributed by atoms with Crippen molar-refractivity contribution >= 4 is 31.3 Å². The Morgan fingerprint density at radius 1 is 1.24 bits per heavy atom. The van der Waals surface area contributed by atoms with Crippen LogP contribution in [0.2, 0.25) is 0 Å². The highest BCUT2D eigenvalue weighted by atomic mass is 35.7. The number of halogens is 1. The minimum Gasteiger partial charge on any atom is -0.493 e. The molecule has 0 aromatic heterocycles. The van der Waals surface area contributed by atoms with Crippen LogP contribution in [-0.4, -0.2) is 40.3 Å². The summed E-state index contributed by atoms with van der Waals surface area (Å²) in [5.41, 5.74) is 1.38. The summed E-state index contributed by atoms with van der Waals surface area (Å²) in [4.78, 5) is 13.5. The fourth-order valence-electron chi connectivity index (χ4n) is 2.36. The van der Waals surface area contributed by atoms with Gasteiger partial charge in [0.25, 0.3) is 0 Å². The molecule has 1 aromatic rings. The Morgan fingerprint density at radius 2 is 1.81 bits per heavy atom. The summed E-state index contributed by atoms with van der Waals surface area (Å²) in [6.45, 7) is 1.86. The Hall–Kier alpha value is -1.47. The maximum atomic E-state index is 12.1. The van der Waals surface area contributed by atoms with Gasteiger partial charge in [0.15, 0.2) is 11.5 Å². The topological polar surface area (TPSA) is 72.9 Å². The second kappa shape index (κ2) is 5.73. The first-order valence-electron chi connectivity index (χ1n) is 6.24. The lowest BCUT2D eigenvalue weighted by Crippen LogP contribution is -2.27. The molecular formula is C13H16ClNO5S. The van der Waals surface area contributed by atoms with E-state index in [0.717, 1.165) is 5.56 Å². The molecule has 1 fully saturated rings. The molecule has 1 saturated heterocycles. The molecule has 0 aliphatic carbocycles. The maximum absolute atomic E-state index is 12.1. The lowest BCUT2D eigenvalue weighted by atomic mass is 10.1. The SMILES string of the molecule is COc1cc(C)c(N2CC(S(=O)(=O)Cl)CC2=O)cc1OC. The van der Waals surface area contributed by atoms with E-state index in [2.05, 4.69) is 0 Å². The standard InChI is InChI=1S/C13H16ClNO5S/c1-8-4-11(19-2)12(20-3)6-10(8)15-7-9(5-13(15)16)21(14,17)18/h4,6,9H,5,7H2,1-3H3. The summed E-state index contributed by atoms with van der Waals surface area (Å²) in [6, 6.07) is 3.40. The highest BCUT2D eigenvalue weighted by Gasteiger charge is 2.38. The van der Waals surface area contributed by atoms with Crippen molar-refractivity contribution in [3.63, 3.8) is 0 Å². The molecule has 1 heterocycles. The van der Waals surface area contributed by atoms with Crippen LogP contribution < -0.4 is 14.4 Å². The molecule has 2 rings (SSSR count). The summed E-state index contributed by atoms with van der Waals surface area (Å²) in [5.74, 6) is 0.745. The van der Waals surface area contributed by atoms with Gasteiger partial charge < -0.3 is 14.4 Å². The summed E-state index contributed by atoms with van der Waals surface area (Å²) < 4.78 is 33.2. The molecule has 116 valence electrons. The molecule has 0 spiro atoms. The van der Waals surface area contributed by atoms with Crippen molar-refractivity contribution in [3.8, 4) is 11.5 Å². The van der Waals surface area contributed by atoms with E-state index in [4.69, 9.17) is 20.2 Å². The van der Waals surface area contributed by atoms with Crippen LogP contribution in [0.1, 0.15) is 12.0 Å². The number of methoxy groups -OCH3 is 2. The Bertz CT molecular complexity index is 673. The van der Waals surface area contributed by atoms with E-state index in [0.29, 0.717) is 17.2 Å². The quantitative estimate of drug-likeness (QED) is 0.784. The molecule has 0 saturated carbocycles. The predicted octanol–water partition coefficient (Wildman–Crippen LogP) is 1.69. The lowest BCUT2D eigenvalue weighted by Gasteiger charge is -2.20. The summed E-state index contributed by atoms with van der Waals surface area (Å²) in [6.07, 6.45) is -0.111. The zero-order chi connectivity index (χ0) is 15.8.